The van der Waals surface area contributed by atoms with E-state index in [0.29, 0.717) is 6.54 Å². The number of ether oxygens (including phenoxy) is 1. The van der Waals surface area contributed by atoms with Crippen molar-refractivity contribution in [1.82, 2.24) is 20.2 Å². The molecule has 0 bridgehead atoms. The van der Waals surface area contributed by atoms with E-state index < -0.39 is 12.1 Å². The summed E-state index contributed by atoms with van der Waals surface area (Å²) in [7, 11) is 0.981. The molecule has 4 aromatic rings. The molecule has 0 radical (unpaired) electrons. The number of aromatic nitrogens is 2. The molecule has 9 rings (SSSR count). The number of carbonyl (C=O) groups is 2. The van der Waals surface area contributed by atoms with Gasteiger partial charge in [0.15, 0.2) is 0 Å². The molecule has 56 heavy (non-hydrogen) atoms. The molecule has 3 fully saturated rings. The summed E-state index contributed by atoms with van der Waals surface area (Å²) in [5.74, 6) is 0.619. The van der Waals surface area contributed by atoms with Crippen molar-refractivity contribution in [3.05, 3.63) is 70.5 Å². The second kappa shape index (κ2) is 13.8. The molecule has 2 aliphatic heterocycles. The van der Waals surface area contributed by atoms with Gasteiger partial charge < -0.3 is 29.2 Å². The molecule has 2 N–H and O–H groups in total. The van der Waals surface area contributed by atoms with Crippen LogP contribution in [0.1, 0.15) is 127 Å². The first-order valence-corrected chi connectivity index (χ1v) is 21.1. The van der Waals surface area contributed by atoms with E-state index in [1.807, 2.05) is 18.7 Å². The lowest BCUT2D eigenvalue weighted by Crippen LogP contribution is -2.51. The third-order valence-electron chi connectivity index (χ3n) is 14.4. The van der Waals surface area contributed by atoms with Crippen LogP contribution in [0.15, 0.2) is 42.5 Å². The maximum atomic E-state index is 13.8. The summed E-state index contributed by atoms with van der Waals surface area (Å²) in [6, 6.07) is 15.3. The number of benzene rings is 3. The van der Waals surface area contributed by atoms with Crippen LogP contribution in [0.3, 0.4) is 0 Å². The van der Waals surface area contributed by atoms with E-state index in [4.69, 9.17) is 19.0 Å². The van der Waals surface area contributed by atoms with Crippen molar-refractivity contribution < 1.29 is 23.6 Å². The quantitative estimate of drug-likeness (QED) is 0.183. The second-order valence-electron chi connectivity index (χ2n) is 18.5. The highest BCUT2D eigenvalue weighted by atomic mass is 16.7. The minimum Gasteiger partial charge on any atom is -0.453 e. The van der Waals surface area contributed by atoms with Gasteiger partial charge in [-0.2, -0.15) is 0 Å². The van der Waals surface area contributed by atoms with Crippen LogP contribution in [0, 0.1) is 5.92 Å². The zero-order valence-electron chi connectivity index (χ0n) is 34.3. The van der Waals surface area contributed by atoms with Gasteiger partial charge in [0.25, 0.3) is 0 Å². The van der Waals surface area contributed by atoms with E-state index in [1.54, 1.807) is 5.56 Å². The van der Waals surface area contributed by atoms with Gasteiger partial charge in [-0.1, -0.05) is 57.0 Å². The van der Waals surface area contributed by atoms with E-state index in [1.165, 1.54) is 83.6 Å². The average Bonchev–Trinajstić information content (AvgIpc) is 4.03. The summed E-state index contributed by atoms with van der Waals surface area (Å²) in [5, 5.41) is 2.76. The minimum atomic E-state index is -0.666. The number of nitrogens with zero attached hydrogens (tertiary/aromatic N) is 2. The summed E-state index contributed by atoms with van der Waals surface area (Å²) in [5.41, 5.74) is 13.9. The Balaban J connectivity index is 1.07. The summed E-state index contributed by atoms with van der Waals surface area (Å²) < 4.78 is 18.0. The molecule has 2 saturated heterocycles. The van der Waals surface area contributed by atoms with Crippen molar-refractivity contribution in [3.63, 3.8) is 0 Å². The van der Waals surface area contributed by atoms with Crippen molar-refractivity contribution >= 4 is 35.6 Å². The van der Waals surface area contributed by atoms with E-state index in [2.05, 4.69) is 80.5 Å². The zero-order chi connectivity index (χ0) is 39.1. The Bertz CT molecular complexity index is 2200. The van der Waals surface area contributed by atoms with Crippen LogP contribution in [0.25, 0.3) is 33.3 Å². The molecule has 3 heterocycles. The van der Waals surface area contributed by atoms with Crippen LogP contribution in [0.2, 0.25) is 0 Å². The van der Waals surface area contributed by atoms with Gasteiger partial charge in [0.1, 0.15) is 11.9 Å². The Labute approximate surface area is 331 Å². The summed E-state index contributed by atoms with van der Waals surface area (Å²) in [6.45, 7) is 13.1. The number of carbonyl (C=O) groups excluding carboxylic acids is 2. The van der Waals surface area contributed by atoms with Crippen molar-refractivity contribution in [2.75, 3.05) is 13.7 Å². The number of aromatic amines is 1. The molecule has 10 heteroatoms. The number of nitrogens with one attached hydrogen (secondary N) is 2. The second-order valence-corrected chi connectivity index (χ2v) is 18.5. The first-order valence-electron chi connectivity index (χ1n) is 21.1. The monoisotopic (exact) mass is 756 g/mol. The molecular weight excluding hydrogens is 699 g/mol. The number of amides is 2. The lowest BCUT2D eigenvalue weighted by Gasteiger charge is -2.32. The van der Waals surface area contributed by atoms with Crippen LogP contribution in [0.4, 0.5) is 4.79 Å². The SMILES string of the molecule is COC(=O)N[C@H](C(=O)N1CCC[C@H]1c1nc2ccc(-c3ccc(-c4ccc(B5OC(C)(C)C(C)(C)O5)c5c4CCC5)c4c3C3(CCCC3)CC4)cc2[nH]1)C(C)C. The molecule has 3 aromatic carbocycles. The third kappa shape index (κ3) is 6.00. The third-order valence-corrected chi connectivity index (χ3v) is 14.4. The molecule has 2 amide bonds. The normalized spacial score (nSPS) is 22.3. The molecular formula is C46H57BN4O5. The molecule has 0 unspecified atom stereocenters. The first-order chi connectivity index (χ1) is 26.8. The van der Waals surface area contributed by atoms with E-state index in [0.717, 1.165) is 55.4 Å². The molecule has 1 spiro atoms. The summed E-state index contributed by atoms with van der Waals surface area (Å²) >= 11 is 0. The number of fused-ring (bicyclic) bond motifs is 4. The van der Waals surface area contributed by atoms with E-state index in [9.17, 15) is 9.59 Å². The van der Waals surface area contributed by atoms with Crippen LogP contribution < -0.4 is 10.8 Å². The van der Waals surface area contributed by atoms with Crippen molar-refractivity contribution in [3.8, 4) is 22.3 Å². The molecule has 294 valence electrons. The standard InChI is InChI=1S/C46H57BN4O5/c1-27(2)40(50-43(53)54-7)42(52)51-25-11-14-38(51)41-48-36-20-15-28(26-37(36)49-41)29-16-17-32(34-21-24-46(39(29)34)22-8-9-23-46)31-18-19-35(33-13-10-12-30(31)33)47-55-44(3,4)45(5,6)56-47/h15-20,26-27,38,40H,8-14,21-25H2,1-7H3,(H,48,49)(H,50,53)/t38-,40-/m0/s1. The predicted octanol–water partition coefficient (Wildman–Crippen LogP) is 8.49. The lowest BCUT2D eigenvalue weighted by atomic mass is 9.73. The van der Waals surface area contributed by atoms with Crippen molar-refractivity contribution in [2.24, 2.45) is 5.92 Å². The highest BCUT2D eigenvalue weighted by Gasteiger charge is 2.53. The molecule has 3 aliphatic carbocycles. The van der Waals surface area contributed by atoms with Crippen LogP contribution in [-0.2, 0) is 43.5 Å². The Morgan fingerprint density at radius 1 is 0.875 bits per heavy atom. The average molecular weight is 757 g/mol. The van der Waals surface area contributed by atoms with Gasteiger partial charge in [-0.05, 0) is 159 Å². The highest BCUT2D eigenvalue weighted by Crippen LogP contribution is 2.56. The van der Waals surface area contributed by atoms with Gasteiger partial charge in [-0.15, -0.1) is 0 Å². The number of methoxy groups -OCH3 is 1. The fourth-order valence-electron chi connectivity index (χ4n) is 10.8. The predicted molar refractivity (Wildman–Crippen MR) is 221 cm³/mol. The van der Waals surface area contributed by atoms with Gasteiger partial charge >= 0.3 is 13.2 Å². The number of alkyl carbamates (subject to hydrolysis) is 1. The molecule has 2 atom stereocenters. The topological polar surface area (TPSA) is 106 Å². The number of hydrogen-bond acceptors (Lipinski definition) is 6. The van der Waals surface area contributed by atoms with Gasteiger partial charge in [0.05, 0.1) is 35.4 Å². The molecule has 1 saturated carbocycles. The number of hydrogen-bond donors (Lipinski definition) is 2. The Morgan fingerprint density at radius 2 is 1.57 bits per heavy atom. The fraction of sp³-hybridized carbons (Fsp3) is 0.543. The number of H-pyrrole nitrogens is 1. The van der Waals surface area contributed by atoms with Crippen molar-refractivity contribution in [1.29, 1.82) is 0 Å². The Morgan fingerprint density at radius 3 is 2.30 bits per heavy atom. The molecule has 5 aliphatic rings. The molecule has 9 nitrogen and oxygen atoms in total. The summed E-state index contributed by atoms with van der Waals surface area (Å²) in [6.07, 6.45) is 11.8. The van der Waals surface area contributed by atoms with Crippen LogP contribution >= 0.6 is 0 Å². The number of likely N-dealkylation sites (tertiary alicyclic amines) is 1. The molecule has 1 aromatic heterocycles. The van der Waals surface area contributed by atoms with Crippen LogP contribution in [-0.4, -0.2) is 64.9 Å². The minimum absolute atomic E-state index is 0.0842. The van der Waals surface area contributed by atoms with Gasteiger partial charge in [0, 0.05) is 6.54 Å². The fourth-order valence-corrected chi connectivity index (χ4v) is 10.8. The van der Waals surface area contributed by atoms with Crippen molar-refractivity contribution in [2.45, 2.75) is 141 Å². The highest BCUT2D eigenvalue weighted by molar-refractivity contribution is 6.62. The van der Waals surface area contributed by atoms with Gasteiger partial charge in [0.2, 0.25) is 5.91 Å². The smallest absolute Gasteiger partial charge is 0.453 e. The maximum absolute atomic E-state index is 13.8. The van der Waals surface area contributed by atoms with Gasteiger partial charge in [-0.25, -0.2) is 9.78 Å². The van der Waals surface area contributed by atoms with Gasteiger partial charge in [-0.3, -0.25) is 4.79 Å². The number of rotatable bonds is 7. The summed E-state index contributed by atoms with van der Waals surface area (Å²) in [4.78, 5) is 36.5. The largest absolute Gasteiger partial charge is 0.495 e. The first kappa shape index (κ1) is 37.4. The Kier molecular flexibility index (Phi) is 9.20. The van der Waals surface area contributed by atoms with E-state index >= 15 is 0 Å². The zero-order valence-corrected chi connectivity index (χ0v) is 34.3. The maximum Gasteiger partial charge on any atom is 0.495 e. The Hall–Kier alpha value is -4.15. The van der Waals surface area contributed by atoms with Crippen LogP contribution in [0.5, 0.6) is 0 Å². The number of imidazole rings is 1. The lowest BCUT2D eigenvalue weighted by molar-refractivity contribution is -0.135. The van der Waals surface area contributed by atoms with E-state index in [-0.39, 0.29) is 41.6 Å².